The minimum atomic E-state index is -0.507. The van der Waals surface area contributed by atoms with Crippen molar-refractivity contribution < 1.29 is 9.59 Å². The minimum Gasteiger partial charge on any atom is -0.350 e. The number of carbonyl (C=O) groups excluding carboxylic acids is 2. The van der Waals surface area contributed by atoms with Gasteiger partial charge in [-0.1, -0.05) is 36.0 Å². The first kappa shape index (κ1) is 16.6. The highest BCUT2D eigenvalue weighted by Crippen LogP contribution is 2.26. The van der Waals surface area contributed by atoms with Crippen molar-refractivity contribution in [2.75, 3.05) is 5.32 Å². The third-order valence-corrected chi connectivity index (χ3v) is 4.98. The Morgan fingerprint density at radius 2 is 1.96 bits per heavy atom. The molecule has 0 aromatic heterocycles. The zero-order valence-electron chi connectivity index (χ0n) is 12.6. The van der Waals surface area contributed by atoms with Gasteiger partial charge in [-0.2, -0.15) is 0 Å². The van der Waals surface area contributed by atoms with Crippen molar-refractivity contribution in [2.45, 2.75) is 50.2 Å². The van der Waals surface area contributed by atoms with Gasteiger partial charge in [0.15, 0.2) is 0 Å². The molecule has 0 bridgehead atoms. The monoisotopic (exact) mass is 355 g/mol. The van der Waals surface area contributed by atoms with E-state index in [9.17, 15) is 9.59 Å². The maximum absolute atomic E-state index is 12.2. The van der Waals surface area contributed by atoms with Gasteiger partial charge in [0, 0.05) is 17.1 Å². The highest BCUT2D eigenvalue weighted by Gasteiger charge is 2.36. The lowest BCUT2D eigenvalue weighted by Crippen LogP contribution is -2.65. The van der Waals surface area contributed by atoms with E-state index in [2.05, 4.69) is 16.0 Å². The fraction of sp³-hybridized carbons (Fsp3) is 0.500. The fourth-order valence-electron chi connectivity index (χ4n) is 3.25. The number of rotatable bonds is 3. The number of carbonyl (C=O) groups is 2. The van der Waals surface area contributed by atoms with E-state index in [4.69, 9.17) is 23.2 Å². The van der Waals surface area contributed by atoms with E-state index in [1.54, 1.807) is 18.2 Å². The van der Waals surface area contributed by atoms with Crippen LogP contribution in [0.15, 0.2) is 18.2 Å². The molecule has 1 aliphatic heterocycles. The molecule has 0 spiro atoms. The zero-order valence-corrected chi connectivity index (χ0v) is 14.1. The van der Waals surface area contributed by atoms with Gasteiger partial charge in [0.05, 0.1) is 23.2 Å². The van der Waals surface area contributed by atoms with Crippen LogP contribution < -0.4 is 16.0 Å². The first-order valence-corrected chi connectivity index (χ1v) is 8.60. The molecule has 1 aromatic carbocycles. The molecule has 3 unspecified atom stereocenters. The Bertz CT molecular complexity index is 623. The van der Waals surface area contributed by atoms with Crippen LogP contribution in [-0.4, -0.2) is 29.9 Å². The molecule has 23 heavy (non-hydrogen) atoms. The predicted octanol–water partition coefficient (Wildman–Crippen LogP) is 2.72. The third-order valence-electron chi connectivity index (χ3n) is 4.42. The molecule has 3 rings (SSSR count). The molecular formula is C16H19Cl2N3O2. The molecule has 1 saturated carbocycles. The van der Waals surface area contributed by atoms with E-state index >= 15 is 0 Å². The van der Waals surface area contributed by atoms with Crippen LogP contribution >= 0.6 is 23.2 Å². The van der Waals surface area contributed by atoms with Gasteiger partial charge in [-0.3, -0.25) is 9.59 Å². The van der Waals surface area contributed by atoms with Crippen molar-refractivity contribution in [2.24, 2.45) is 0 Å². The van der Waals surface area contributed by atoms with E-state index in [-0.39, 0.29) is 30.3 Å². The maximum atomic E-state index is 12.2. The van der Waals surface area contributed by atoms with Gasteiger partial charge in [0.1, 0.15) is 0 Å². The molecule has 3 N–H and O–H groups in total. The van der Waals surface area contributed by atoms with Gasteiger partial charge in [-0.25, -0.2) is 0 Å². The molecule has 7 heteroatoms. The lowest BCUT2D eigenvalue weighted by Gasteiger charge is -2.40. The second kappa shape index (κ2) is 7.07. The topological polar surface area (TPSA) is 70.2 Å². The Labute approximate surface area is 145 Å². The zero-order chi connectivity index (χ0) is 16.4. The van der Waals surface area contributed by atoms with Crippen LogP contribution in [0.25, 0.3) is 0 Å². The van der Waals surface area contributed by atoms with Crippen molar-refractivity contribution in [3.8, 4) is 0 Å². The molecule has 1 aromatic rings. The minimum absolute atomic E-state index is 0.0674. The van der Waals surface area contributed by atoms with Crippen molar-refractivity contribution in [3.63, 3.8) is 0 Å². The van der Waals surface area contributed by atoms with Crippen molar-refractivity contribution in [1.82, 2.24) is 10.6 Å². The van der Waals surface area contributed by atoms with Crippen LogP contribution in [-0.2, 0) is 9.59 Å². The molecular weight excluding hydrogens is 337 g/mol. The SMILES string of the molecule is O=C(CC1NC2CCCCC2NC1=O)Nc1cc(Cl)ccc1Cl. The van der Waals surface area contributed by atoms with Crippen LogP contribution in [0.1, 0.15) is 32.1 Å². The molecule has 124 valence electrons. The first-order valence-electron chi connectivity index (χ1n) is 7.84. The Morgan fingerprint density at radius 1 is 1.22 bits per heavy atom. The second-order valence-electron chi connectivity index (χ2n) is 6.10. The quantitative estimate of drug-likeness (QED) is 0.780. The number of hydrogen-bond donors (Lipinski definition) is 3. The summed E-state index contributed by atoms with van der Waals surface area (Å²) >= 11 is 11.9. The lowest BCUT2D eigenvalue weighted by atomic mass is 9.87. The molecule has 5 nitrogen and oxygen atoms in total. The summed E-state index contributed by atoms with van der Waals surface area (Å²) in [6, 6.07) is 4.81. The molecule has 1 heterocycles. The van der Waals surface area contributed by atoms with E-state index in [1.807, 2.05) is 0 Å². The van der Waals surface area contributed by atoms with E-state index in [0.717, 1.165) is 25.7 Å². The van der Waals surface area contributed by atoms with Gasteiger partial charge < -0.3 is 16.0 Å². The van der Waals surface area contributed by atoms with Crippen molar-refractivity contribution in [1.29, 1.82) is 0 Å². The molecule has 2 aliphatic rings. The molecule has 2 fully saturated rings. The average molecular weight is 356 g/mol. The van der Waals surface area contributed by atoms with E-state index in [0.29, 0.717) is 15.7 Å². The van der Waals surface area contributed by atoms with E-state index in [1.165, 1.54) is 0 Å². The summed E-state index contributed by atoms with van der Waals surface area (Å²) in [6.07, 6.45) is 4.39. The van der Waals surface area contributed by atoms with Gasteiger partial charge in [-0.05, 0) is 31.0 Å². The second-order valence-corrected chi connectivity index (χ2v) is 6.95. The molecule has 3 atom stereocenters. The van der Waals surface area contributed by atoms with Crippen LogP contribution in [0.3, 0.4) is 0 Å². The van der Waals surface area contributed by atoms with Gasteiger partial charge in [0.2, 0.25) is 11.8 Å². The number of benzene rings is 1. The van der Waals surface area contributed by atoms with Gasteiger partial charge >= 0.3 is 0 Å². The first-order chi connectivity index (χ1) is 11.0. The largest absolute Gasteiger partial charge is 0.350 e. The molecule has 1 aliphatic carbocycles. The Morgan fingerprint density at radius 3 is 2.74 bits per heavy atom. The smallest absolute Gasteiger partial charge is 0.237 e. The predicted molar refractivity (Wildman–Crippen MR) is 90.8 cm³/mol. The number of nitrogens with one attached hydrogen (secondary N) is 3. The number of piperazine rings is 1. The standard InChI is InChI=1S/C16H19Cl2N3O2/c17-9-5-6-10(18)13(7-9)20-15(22)8-14-16(23)21-12-4-2-1-3-11(12)19-14/h5-7,11-12,14,19H,1-4,8H2,(H,20,22)(H,21,23). The van der Waals surface area contributed by atoms with Gasteiger partial charge in [0.25, 0.3) is 0 Å². The average Bonchev–Trinajstić information content (AvgIpc) is 2.51. The maximum Gasteiger partial charge on any atom is 0.237 e. The Balaban J connectivity index is 1.61. The van der Waals surface area contributed by atoms with Crippen LogP contribution in [0.5, 0.6) is 0 Å². The third kappa shape index (κ3) is 3.97. The van der Waals surface area contributed by atoms with Crippen LogP contribution in [0.4, 0.5) is 5.69 Å². The number of anilines is 1. The van der Waals surface area contributed by atoms with Crippen molar-refractivity contribution >= 4 is 40.7 Å². The molecule has 0 radical (unpaired) electrons. The number of halogens is 2. The van der Waals surface area contributed by atoms with Crippen LogP contribution in [0.2, 0.25) is 10.0 Å². The highest BCUT2D eigenvalue weighted by molar-refractivity contribution is 6.35. The number of hydrogen-bond acceptors (Lipinski definition) is 3. The highest BCUT2D eigenvalue weighted by atomic mass is 35.5. The fourth-order valence-corrected chi connectivity index (χ4v) is 3.59. The Hall–Kier alpha value is -1.30. The van der Waals surface area contributed by atoms with Crippen LogP contribution in [0, 0.1) is 0 Å². The van der Waals surface area contributed by atoms with E-state index < -0.39 is 6.04 Å². The molecule has 2 amide bonds. The normalized spacial score (nSPS) is 27.0. The van der Waals surface area contributed by atoms with Gasteiger partial charge in [-0.15, -0.1) is 0 Å². The summed E-state index contributed by atoms with van der Waals surface area (Å²) in [4.78, 5) is 24.4. The summed E-state index contributed by atoms with van der Waals surface area (Å²) in [5, 5.41) is 9.96. The summed E-state index contributed by atoms with van der Waals surface area (Å²) in [6.45, 7) is 0. The summed E-state index contributed by atoms with van der Waals surface area (Å²) < 4.78 is 0. The Kier molecular flexibility index (Phi) is 5.09. The summed E-state index contributed by atoms with van der Waals surface area (Å²) in [7, 11) is 0. The number of fused-ring (bicyclic) bond motifs is 1. The number of amides is 2. The summed E-state index contributed by atoms with van der Waals surface area (Å²) in [5.41, 5.74) is 0.455. The lowest BCUT2D eigenvalue weighted by molar-refractivity contribution is -0.129. The summed E-state index contributed by atoms with van der Waals surface area (Å²) in [5.74, 6) is -0.378. The van der Waals surface area contributed by atoms with Crippen molar-refractivity contribution in [3.05, 3.63) is 28.2 Å². The molecule has 1 saturated heterocycles.